The van der Waals surface area contributed by atoms with Crippen LogP contribution in [0.3, 0.4) is 0 Å². The predicted molar refractivity (Wildman–Crippen MR) is 60.9 cm³/mol. The van der Waals surface area contributed by atoms with Gasteiger partial charge in [0.15, 0.2) is 0 Å². The molecule has 2 aliphatic rings. The monoisotopic (exact) mass is 185 g/mol. The highest BCUT2D eigenvalue weighted by Crippen LogP contribution is 2.37. The lowest BCUT2D eigenvalue weighted by Gasteiger charge is -2.02. The molecule has 0 spiro atoms. The van der Waals surface area contributed by atoms with Gasteiger partial charge in [-0.2, -0.15) is 0 Å². The van der Waals surface area contributed by atoms with Crippen molar-refractivity contribution in [1.29, 1.82) is 0 Å². The molecule has 2 rings (SSSR count). The maximum Gasteiger partial charge on any atom is -0.00172 e. The van der Waals surface area contributed by atoms with Gasteiger partial charge in [-0.25, -0.2) is 0 Å². The molecular weight excluding hydrogens is 158 g/mol. The topological polar surface area (TPSA) is 12.0 Å². The van der Waals surface area contributed by atoms with Crippen LogP contribution in [0.5, 0.6) is 0 Å². The zero-order chi connectivity index (χ0) is 10.3. The van der Waals surface area contributed by atoms with Crippen molar-refractivity contribution in [2.45, 2.75) is 47.5 Å². The van der Waals surface area contributed by atoms with Crippen molar-refractivity contribution in [3.8, 4) is 0 Å². The average molecular weight is 185 g/mol. The predicted octanol–water partition coefficient (Wildman–Crippen LogP) is 3.30. The largest absolute Gasteiger partial charge is 0.316 e. The summed E-state index contributed by atoms with van der Waals surface area (Å²) in [7, 11) is 0. The minimum Gasteiger partial charge on any atom is -0.316 e. The maximum absolute atomic E-state index is 3.44. The van der Waals surface area contributed by atoms with Gasteiger partial charge < -0.3 is 5.32 Å². The van der Waals surface area contributed by atoms with E-state index in [-0.39, 0.29) is 0 Å². The summed E-state index contributed by atoms with van der Waals surface area (Å²) in [5.41, 5.74) is 0. The molecule has 2 unspecified atom stereocenters. The SMILES string of the molecule is CC.CC.CC1CC2CNC[C@@H]2C1. The summed E-state index contributed by atoms with van der Waals surface area (Å²) in [6.07, 6.45) is 2.97. The lowest BCUT2D eigenvalue weighted by molar-refractivity contribution is 0.494. The molecule has 0 amide bonds. The van der Waals surface area contributed by atoms with Crippen molar-refractivity contribution in [2.75, 3.05) is 13.1 Å². The van der Waals surface area contributed by atoms with Crippen LogP contribution in [0.15, 0.2) is 0 Å². The standard InChI is InChI=1S/C8H15N.2C2H6/c1-6-2-7-4-9-5-8(7)3-6;2*1-2/h6-9H,2-5H2,1H3;2*1-2H3/t6?,7-,8?;;/m0../s1. The average Bonchev–Trinajstić information content (AvgIpc) is 2.71. The number of hydrogen-bond acceptors (Lipinski definition) is 1. The highest BCUT2D eigenvalue weighted by atomic mass is 14.9. The Bertz CT molecular complexity index is 99.7. The Labute approximate surface area is 84.3 Å². The van der Waals surface area contributed by atoms with E-state index in [1.807, 2.05) is 27.7 Å². The number of hydrogen-bond donors (Lipinski definition) is 1. The summed E-state index contributed by atoms with van der Waals surface area (Å²) in [5.74, 6) is 3.10. The van der Waals surface area contributed by atoms with Crippen LogP contribution in [-0.4, -0.2) is 13.1 Å². The Balaban J connectivity index is 0.000000322. The number of fused-ring (bicyclic) bond motifs is 1. The molecular formula is C12H27N. The second-order valence-corrected chi connectivity index (χ2v) is 3.75. The molecule has 1 nitrogen and oxygen atoms in total. The molecule has 2 fully saturated rings. The van der Waals surface area contributed by atoms with Gasteiger partial charge in [0.05, 0.1) is 0 Å². The Morgan fingerprint density at radius 1 is 0.846 bits per heavy atom. The molecule has 1 saturated heterocycles. The van der Waals surface area contributed by atoms with Crippen molar-refractivity contribution in [3.05, 3.63) is 0 Å². The highest BCUT2D eigenvalue weighted by molar-refractivity contribution is 4.88. The molecule has 0 radical (unpaired) electrons. The Morgan fingerprint density at radius 2 is 1.23 bits per heavy atom. The van der Waals surface area contributed by atoms with Crippen LogP contribution < -0.4 is 5.32 Å². The number of rotatable bonds is 0. The van der Waals surface area contributed by atoms with Crippen LogP contribution >= 0.6 is 0 Å². The molecule has 3 atom stereocenters. The van der Waals surface area contributed by atoms with Crippen LogP contribution in [0.25, 0.3) is 0 Å². The fourth-order valence-electron chi connectivity index (χ4n) is 2.47. The smallest absolute Gasteiger partial charge is 0.00172 e. The second kappa shape index (κ2) is 7.37. The summed E-state index contributed by atoms with van der Waals surface area (Å²) < 4.78 is 0. The maximum atomic E-state index is 3.44. The molecule has 1 saturated carbocycles. The van der Waals surface area contributed by atoms with Crippen LogP contribution in [0.2, 0.25) is 0 Å². The molecule has 0 bridgehead atoms. The third-order valence-electron chi connectivity index (χ3n) is 2.89. The van der Waals surface area contributed by atoms with E-state index in [0.717, 1.165) is 17.8 Å². The minimum absolute atomic E-state index is 1.02. The summed E-state index contributed by atoms with van der Waals surface area (Å²) in [4.78, 5) is 0. The van der Waals surface area contributed by atoms with E-state index >= 15 is 0 Å². The van der Waals surface area contributed by atoms with E-state index in [2.05, 4.69) is 12.2 Å². The summed E-state index contributed by atoms with van der Waals surface area (Å²) in [5, 5.41) is 3.44. The summed E-state index contributed by atoms with van der Waals surface area (Å²) in [6, 6.07) is 0. The zero-order valence-electron chi connectivity index (χ0n) is 10.1. The van der Waals surface area contributed by atoms with Crippen molar-refractivity contribution in [3.63, 3.8) is 0 Å². The van der Waals surface area contributed by atoms with Gasteiger partial charge in [0.25, 0.3) is 0 Å². The molecule has 0 aromatic rings. The van der Waals surface area contributed by atoms with Crippen molar-refractivity contribution in [2.24, 2.45) is 17.8 Å². The van der Waals surface area contributed by atoms with Gasteiger partial charge in [0, 0.05) is 0 Å². The Hall–Kier alpha value is -0.0400. The first-order valence-electron chi connectivity index (χ1n) is 6.07. The molecule has 13 heavy (non-hydrogen) atoms. The fourth-order valence-corrected chi connectivity index (χ4v) is 2.47. The van der Waals surface area contributed by atoms with E-state index in [9.17, 15) is 0 Å². The van der Waals surface area contributed by atoms with Crippen LogP contribution in [0.4, 0.5) is 0 Å². The van der Waals surface area contributed by atoms with E-state index in [1.165, 1.54) is 25.9 Å². The molecule has 1 N–H and O–H groups in total. The molecule has 1 aliphatic heterocycles. The lowest BCUT2D eigenvalue weighted by atomic mass is 10.0. The fraction of sp³-hybridized carbons (Fsp3) is 1.00. The molecule has 1 heterocycles. The number of nitrogens with one attached hydrogen (secondary N) is 1. The first-order valence-corrected chi connectivity index (χ1v) is 6.07. The molecule has 1 aliphatic carbocycles. The first-order chi connectivity index (χ1) is 6.36. The van der Waals surface area contributed by atoms with E-state index in [1.54, 1.807) is 0 Å². The van der Waals surface area contributed by atoms with Crippen LogP contribution in [0.1, 0.15) is 47.5 Å². The van der Waals surface area contributed by atoms with Crippen LogP contribution in [-0.2, 0) is 0 Å². The normalized spacial score (nSPS) is 35.3. The second-order valence-electron chi connectivity index (χ2n) is 3.75. The van der Waals surface area contributed by atoms with Gasteiger partial charge in [-0.05, 0) is 43.7 Å². The Kier molecular flexibility index (Phi) is 7.35. The van der Waals surface area contributed by atoms with Gasteiger partial charge >= 0.3 is 0 Å². The lowest BCUT2D eigenvalue weighted by Crippen LogP contribution is -2.10. The minimum atomic E-state index is 1.02. The highest BCUT2D eigenvalue weighted by Gasteiger charge is 2.34. The molecule has 0 aromatic heterocycles. The molecule has 80 valence electrons. The zero-order valence-corrected chi connectivity index (χ0v) is 10.1. The van der Waals surface area contributed by atoms with Crippen molar-refractivity contribution >= 4 is 0 Å². The summed E-state index contributed by atoms with van der Waals surface area (Å²) in [6.45, 7) is 13.0. The van der Waals surface area contributed by atoms with E-state index < -0.39 is 0 Å². The third-order valence-corrected chi connectivity index (χ3v) is 2.89. The van der Waals surface area contributed by atoms with E-state index in [0.29, 0.717) is 0 Å². The van der Waals surface area contributed by atoms with Gasteiger partial charge in [-0.1, -0.05) is 34.6 Å². The first kappa shape index (κ1) is 13.0. The van der Waals surface area contributed by atoms with E-state index in [4.69, 9.17) is 0 Å². The Morgan fingerprint density at radius 3 is 1.62 bits per heavy atom. The summed E-state index contributed by atoms with van der Waals surface area (Å²) >= 11 is 0. The molecule has 0 aromatic carbocycles. The van der Waals surface area contributed by atoms with Crippen LogP contribution in [0, 0.1) is 17.8 Å². The van der Waals surface area contributed by atoms with Gasteiger partial charge in [-0.15, -0.1) is 0 Å². The van der Waals surface area contributed by atoms with Crippen molar-refractivity contribution < 1.29 is 0 Å². The van der Waals surface area contributed by atoms with Gasteiger partial charge in [0.1, 0.15) is 0 Å². The van der Waals surface area contributed by atoms with Gasteiger partial charge in [-0.3, -0.25) is 0 Å². The van der Waals surface area contributed by atoms with Crippen molar-refractivity contribution in [1.82, 2.24) is 5.32 Å². The van der Waals surface area contributed by atoms with Gasteiger partial charge in [0.2, 0.25) is 0 Å². The molecule has 1 heteroatoms. The third kappa shape index (κ3) is 3.68. The quantitative estimate of drug-likeness (QED) is 0.610.